The van der Waals surface area contributed by atoms with Crippen molar-refractivity contribution in [3.63, 3.8) is 0 Å². The Morgan fingerprint density at radius 3 is 2.79 bits per heavy atom. The summed E-state index contributed by atoms with van der Waals surface area (Å²) < 4.78 is 29.5. The SMILES string of the molecule is [2H]C([2H])([2H])NC(=O)c1nnc(N2CCC3(CC3)C2=C=O)cc1Nc1cccc(-c2ncn(C)n2)c1OC. The van der Waals surface area contributed by atoms with Gasteiger partial charge in [-0.3, -0.25) is 9.48 Å². The third kappa shape index (κ3) is 3.56. The highest BCUT2D eigenvalue weighted by atomic mass is 16.5. The molecule has 0 bridgehead atoms. The van der Waals surface area contributed by atoms with E-state index in [1.54, 1.807) is 47.2 Å². The molecule has 1 aromatic carbocycles. The van der Waals surface area contributed by atoms with Gasteiger partial charge in [0.1, 0.15) is 18.0 Å². The minimum atomic E-state index is -2.72. The molecule has 1 saturated carbocycles. The topological polar surface area (TPSA) is 127 Å². The number of ether oxygens (including phenoxy) is 1. The molecule has 3 aromatic rings. The Labute approximate surface area is 200 Å². The highest BCUT2D eigenvalue weighted by Gasteiger charge is 2.53. The maximum absolute atomic E-state index is 12.8. The molecule has 1 amide bonds. The molecule has 1 aliphatic carbocycles. The minimum absolute atomic E-state index is 0.165. The number of carbonyl (C=O) groups is 1. The average molecular weight is 464 g/mol. The average Bonchev–Trinajstić information content (AvgIpc) is 3.34. The first kappa shape index (κ1) is 18.2. The summed E-state index contributed by atoms with van der Waals surface area (Å²) in [5, 5.41) is 17.6. The van der Waals surface area contributed by atoms with E-state index in [0.717, 1.165) is 19.3 Å². The molecule has 3 heterocycles. The summed E-state index contributed by atoms with van der Waals surface area (Å²) in [7, 11) is 3.24. The maximum atomic E-state index is 12.8. The van der Waals surface area contributed by atoms with Gasteiger partial charge in [0.05, 0.1) is 24.0 Å². The number of nitrogens with zero attached hydrogens (tertiary/aromatic N) is 6. The number of hydrogen-bond donors (Lipinski definition) is 2. The van der Waals surface area contributed by atoms with E-state index in [9.17, 15) is 9.59 Å². The number of allylic oxidation sites excluding steroid dienone is 1. The summed E-state index contributed by atoms with van der Waals surface area (Å²) in [4.78, 5) is 30.6. The number of benzene rings is 1. The number of hydrogen-bond acceptors (Lipinski definition) is 9. The molecular weight excluding hydrogens is 436 g/mol. The van der Waals surface area contributed by atoms with Gasteiger partial charge in [-0.1, -0.05) is 6.07 Å². The lowest BCUT2D eigenvalue weighted by atomic mass is 10.0. The Balaban J connectivity index is 1.57. The van der Waals surface area contributed by atoms with Gasteiger partial charge in [0, 0.05) is 36.2 Å². The minimum Gasteiger partial charge on any atom is -0.494 e. The second kappa shape index (κ2) is 8.27. The van der Waals surface area contributed by atoms with Gasteiger partial charge in [0.2, 0.25) is 0 Å². The van der Waals surface area contributed by atoms with Gasteiger partial charge < -0.3 is 20.3 Å². The van der Waals surface area contributed by atoms with Crippen molar-refractivity contribution in [1.82, 2.24) is 30.3 Å². The van der Waals surface area contributed by atoms with Crippen molar-refractivity contribution < 1.29 is 18.4 Å². The van der Waals surface area contributed by atoms with E-state index in [2.05, 4.69) is 31.5 Å². The van der Waals surface area contributed by atoms with E-state index in [4.69, 9.17) is 8.85 Å². The molecule has 0 atom stereocenters. The Hall–Kier alpha value is -4.24. The van der Waals surface area contributed by atoms with Crippen LogP contribution in [0.15, 0.2) is 36.3 Å². The summed E-state index contributed by atoms with van der Waals surface area (Å²) in [6.45, 7) is -2.17. The van der Waals surface area contributed by atoms with Gasteiger partial charge in [-0.15, -0.1) is 10.2 Å². The van der Waals surface area contributed by atoms with E-state index in [-0.39, 0.29) is 16.8 Å². The van der Waals surface area contributed by atoms with Crippen molar-refractivity contribution in [1.29, 1.82) is 0 Å². The molecule has 11 heteroatoms. The molecule has 0 radical (unpaired) electrons. The van der Waals surface area contributed by atoms with Crippen LogP contribution in [-0.4, -0.2) is 57.4 Å². The maximum Gasteiger partial charge on any atom is 0.273 e. The number of para-hydroxylation sites is 1. The molecule has 11 nitrogen and oxygen atoms in total. The zero-order valence-corrected chi connectivity index (χ0v) is 18.6. The predicted molar refractivity (Wildman–Crippen MR) is 125 cm³/mol. The second-order valence-corrected chi connectivity index (χ2v) is 8.30. The van der Waals surface area contributed by atoms with Crippen molar-refractivity contribution >= 4 is 29.0 Å². The van der Waals surface area contributed by atoms with Crippen LogP contribution in [0.4, 0.5) is 17.2 Å². The van der Waals surface area contributed by atoms with E-state index in [1.165, 1.54) is 7.11 Å². The van der Waals surface area contributed by atoms with E-state index < -0.39 is 12.9 Å². The third-order valence-electron chi connectivity index (χ3n) is 6.25. The second-order valence-electron chi connectivity index (χ2n) is 8.30. The Morgan fingerprint density at radius 2 is 2.12 bits per heavy atom. The number of carbonyl (C=O) groups excluding carboxylic acids is 2. The quantitative estimate of drug-likeness (QED) is 0.528. The lowest BCUT2D eigenvalue weighted by Crippen LogP contribution is -2.24. The third-order valence-corrected chi connectivity index (χ3v) is 6.25. The molecule has 1 spiro atoms. The number of anilines is 3. The molecular formula is C23H24N8O3. The zero-order chi connectivity index (χ0) is 26.4. The number of aromatic nitrogens is 5. The first-order chi connectivity index (χ1) is 17.6. The van der Waals surface area contributed by atoms with Crippen LogP contribution in [0, 0.1) is 5.41 Å². The summed E-state index contributed by atoms with van der Waals surface area (Å²) in [6.07, 6.45) is 4.19. The van der Waals surface area contributed by atoms with Gasteiger partial charge in [-0.25, -0.2) is 9.78 Å². The summed E-state index contributed by atoms with van der Waals surface area (Å²) in [5.74, 6) is 2.31. The lowest BCUT2D eigenvalue weighted by Gasteiger charge is -2.20. The van der Waals surface area contributed by atoms with Crippen LogP contribution in [-0.2, 0) is 11.8 Å². The van der Waals surface area contributed by atoms with Crippen LogP contribution < -0.4 is 20.3 Å². The molecule has 2 aromatic heterocycles. The van der Waals surface area contributed by atoms with Crippen LogP contribution in [0.3, 0.4) is 0 Å². The lowest BCUT2D eigenvalue weighted by molar-refractivity contribution is 0.0958. The zero-order valence-electron chi connectivity index (χ0n) is 21.6. The van der Waals surface area contributed by atoms with Gasteiger partial charge in [0.25, 0.3) is 5.91 Å². The molecule has 2 N–H and O–H groups in total. The molecule has 0 unspecified atom stereocenters. The Kier molecular flexibility index (Phi) is 4.43. The molecule has 34 heavy (non-hydrogen) atoms. The first-order valence-corrected chi connectivity index (χ1v) is 10.7. The van der Waals surface area contributed by atoms with Crippen LogP contribution in [0.5, 0.6) is 5.75 Å². The fourth-order valence-electron chi connectivity index (χ4n) is 4.35. The van der Waals surface area contributed by atoms with Gasteiger partial charge in [-0.05, 0) is 31.4 Å². The molecule has 174 valence electrons. The normalized spacial score (nSPS) is 17.5. The molecule has 1 saturated heterocycles. The van der Waals surface area contributed by atoms with Gasteiger partial charge >= 0.3 is 0 Å². The monoisotopic (exact) mass is 463 g/mol. The van der Waals surface area contributed by atoms with Crippen molar-refractivity contribution in [2.24, 2.45) is 12.5 Å². The first-order valence-electron chi connectivity index (χ1n) is 12.2. The van der Waals surface area contributed by atoms with Crippen LogP contribution in [0.1, 0.15) is 33.9 Å². The molecule has 2 aliphatic rings. The smallest absolute Gasteiger partial charge is 0.273 e. The van der Waals surface area contributed by atoms with E-state index in [1.807, 2.05) is 5.32 Å². The van der Waals surface area contributed by atoms with Crippen molar-refractivity contribution in [3.8, 4) is 17.1 Å². The Morgan fingerprint density at radius 1 is 1.26 bits per heavy atom. The molecule has 2 fully saturated rings. The highest BCUT2D eigenvalue weighted by Crippen LogP contribution is 2.59. The predicted octanol–water partition coefficient (Wildman–Crippen LogP) is 2.09. The van der Waals surface area contributed by atoms with E-state index >= 15 is 0 Å². The highest BCUT2D eigenvalue weighted by molar-refractivity contribution is 5.99. The molecule has 1 aliphatic heterocycles. The van der Waals surface area contributed by atoms with Crippen LogP contribution in [0.25, 0.3) is 11.4 Å². The number of amides is 1. The van der Waals surface area contributed by atoms with Gasteiger partial charge in [-0.2, -0.15) is 5.10 Å². The van der Waals surface area contributed by atoms with Crippen molar-refractivity contribution in [2.75, 3.05) is 30.8 Å². The largest absolute Gasteiger partial charge is 0.494 e. The summed E-state index contributed by atoms with van der Waals surface area (Å²) in [6, 6.07) is 6.84. The summed E-state index contributed by atoms with van der Waals surface area (Å²) in [5.41, 5.74) is 1.36. The number of methoxy groups -OCH3 is 1. The Bertz CT molecular complexity index is 1430. The van der Waals surface area contributed by atoms with Crippen molar-refractivity contribution in [2.45, 2.75) is 19.3 Å². The number of nitrogens with one attached hydrogen (secondary N) is 2. The standard InChI is InChI=1S/C23H24N8O3/c1-24-22(33)19-16(11-18(27-28-19)31-10-9-23(7-8-23)17(31)12-32)26-15-6-4-5-14(20(15)34-3)21-25-13-30(2)29-21/h4-6,11,13H,7-10H2,1-3H3,(H,24,33)(H,26,27)/i1D3. The van der Waals surface area contributed by atoms with Gasteiger partial charge in [0.15, 0.2) is 23.1 Å². The molecule has 5 rings (SSSR count). The van der Waals surface area contributed by atoms with Crippen molar-refractivity contribution in [3.05, 3.63) is 42.0 Å². The summed E-state index contributed by atoms with van der Waals surface area (Å²) >= 11 is 0. The van der Waals surface area contributed by atoms with Crippen LogP contribution in [0.2, 0.25) is 0 Å². The number of rotatable bonds is 6. The van der Waals surface area contributed by atoms with E-state index in [0.29, 0.717) is 40.9 Å². The fourth-order valence-corrected chi connectivity index (χ4v) is 4.35. The van der Waals surface area contributed by atoms with Crippen LogP contribution >= 0.6 is 0 Å². The fraction of sp³-hybridized carbons (Fsp3) is 0.348. The number of aryl methyl sites for hydroxylation is 1.